The zero-order valence-electron chi connectivity index (χ0n) is 14.6. The number of esters is 1. The number of hydrogen-bond acceptors (Lipinski definition) is 5. The van der Waals surface area contributed by atoms with E-state index in [1.165, 1.54) is 11.9 Å². The lowest BCUT2D eigenvalue weighted by atomic mass is 10.2. The maximum Gasteiger partial charge on any atom is 0.326 e. The third-order valence-corrected chi connectivity index (χ3v) is 4.06. The second kappa shape index (κ2) is 8.66. The number of halogens is 1. The molecule has 1 aliphatic heterocycles. The van der Waals surface area contributed by atoms with E-state index in [9.17, 15) is 19.2 Å². The average Bonchev–Trinajstić information content (AvgIpc) is 2.81. The zero-order valence-corrected chi connectivity index (χ0v) is 15.3. The Labute approximate surface area is 156 Å². The normalized spacial score (nSPS) is 14.0. The number of rotatable bonds is 7. The molecule has 0 saturated carbocycles. The molecular weight excluding hydrogens is 362 g/mol. The Morgan fingerprint density at radius 1 is 1.31 bits per heavy atom. The van der Waals surface area contributed by atoms with Crippen molar-refractivity contribution in [2.75, 3.05) is 32.1 Å². The number of nitrogens with one attached hydrogen (secondary N) is 1. The van der Waals surface area contributed by atoms with E-state index in [-0.39, 0.29) is 37.9 Å². The minimum absolute atomic E-state index is 0.00796. The first-order valence-electron chi connectivity index (χ1n) is 8.05. The van der Waals surface area contributed by atoms with Crippen LogP contribution in [-0.4, -0.2) is 60.4 Å². The number of hydrogen-bond donors (Lipinski definition) is 1. The second-order valence-corrected chi connectivity index (χ2v) is 6.39. The van der Waals surface area contributed by atoms with Gasteiger partial charge in [-0.25, -0.2) is 4.79 Å². The van der Waals surface area contributed by atoms with Gasteiger partial charge in [0.25, 0.3) is 5.91 Å². The molecule has 1 saturated heterocycles. The van der Waals surface area contributed by atoms with Crippen LogP contribution in [0.15, 0.2) is 18.2 Å². The van der Waals surface area contributed by atoms with Gasteiger partial charge in [-0.15, -0.1) is 0 Å². The third kappa shape index (κ3) is 5.19. The molecule has 1 N–H and O–H groups in total. The van der Waals surface area contributed by atoms with Crippen LogP contribution in [0.1, 0.15) is 18.4 Å². The number of ether oxygens (including phenoxy) is 1. The Morgan fingerprint density at radius 3 is 2.65 bits per heavy atom. The van der Waals surface area contributed by atoms with E-state index in [0.717, 1.165) is 10.5 Å². The number of nitrogens with zero attached hydrogens (tertiary/aromatic N) is 2. The first kappa shape index (κ1) is 19.7. The molecule has 1 aromatic rings. The van der Waals surface area contributed by atoms with Crippen molar-refractivity contribution in [3.63, 3.8) is 0 Å². The monoisotopic (exact) mass is 381 g/mol. The molecule has 9 heteroatoms. The van der Waals surface area contributed by atoms with Crippen molar-refractivity contribution >= 4 is 41.1 Å². The van der Waals surface area contributed by atoms with Gasteiger partial charge in [-0.3, -0.25) is 19.3 Å². The quantitative estimate of drug-likeness (QED) is 0.574. The molecule has 4 amide bonds. The maximum atomic E-state index is 11.8. The fourth-order valence-electron chi connectivity index (χ4n) is 2.44. The molecule has 26 heavy (non-hydrogen) atoms. The molecule has 140 valence electrons. The molecule has 1 fully saturated rings. The van der Waals surface area contributed by atoms with E-state index < -0.39 is 18.5 Å². The zero-order chi connectivity index (χ0) is 19.3. The summed E-state index contributed by atoms with van der Waals surface area (Å²) in [6.07, 6.45) is 0.288. The highest BCUT2D eigenvalue weighted by Crippen LogP contribution is 2.19. The van der Waals surface area contributed by atoms with Gasteiger partial charge in [0.05, 0.1) is 0 Å². The summed E-state index contributed by atoms with van der Waals surface area (Å²) in [5.41, 5.74) is 1.38. The number of amides is 4. The number of carbonyl (C=O) groups excluding carboxylic acids is 4. The Balaban J connectivity index is 1.69. The number of anilines is 1. The first-order chi connectivity index (χ1) is 12.3. The fourth-order valence-corrected chi connectivity index (χ4v) is 2.67. The summed E-state index contributed by atoms with van der Waals surface area (Å²) in [6, 6.07) is 4.65. The standard InChI is InChI=1S/C17H20ClN3O5/c1-11-8-12(18)5-6-13(11)19-14(22)10-26-16(24)4-3-7-21-15(23)9-20(2)17(21)25/h5-6,8H,3-4,7,9-10H2,1-2H3,(H,19,22). The molecule has 8 nitrogen and oxygen atoms in total. The molecule has 2 rings (SSSR count). The third-order valence-electron chi connectivity index (χ3n) is 3.82. The molecular formula is C17H20ClN3O5. The molecule has 0 bridgehead atoms. The van der Waals surface area contributed by atoms with Crippen LogP contribution in [0, 0.1) is 6.92 Å². The minimum atomic E-state index is -0.569. The van der Waals surface area contributed by atoms with Crippen LogP contribution in [0.2, 0.25) is 5.02 Å². The summed E-state index contributed by atoms with van der Waals surface area (Å²) >= 11 is 5.85. The Bertz CT molecular complexity index is 737. The Hall–Kier alpha value is -2.61. The maximum absolute atomic E-state index is 11.8. The van der Waals surface area contributed by atoms with Crippen molar-refractivity contribution in [1.29, 1.82) is 0 Å². The lowest BCUT2D eigenvalue weighted by Gasteiger charge is -2.13. The summed E-state index contributed by atoms with van der Waals surface area (Å²) in [5.74, 6) is -1.32. The van der Waals surface area contributed by atoms with Crippen LogP contribution in [0.3, 0.4) is 0 Å². The molecule has 1 heterocycles. The van der Waals surface area contributed by atoms with E-state index in [1.807, 2.05) is 0 Å². The van der Waals surface area contributed by atoms with Crippen molar-refractivity contribution in [1.82, 2.24) is 9.80 Å². The molecule has 0 atom stereocenters. The molecule has 1 aliphatic rings. The molecule has 0 aromatic heterocycles. The summed E-state index contributed by atoms with van der Waals surface area (Å²) in [4.78, 5) is 49.2. The van der Waals surface area contributed by atoms with Gasteiger partial charge in [-0.1, -0.05) is 11.6 Å². The number of carbonyl (C=O) groups is 4. The molecule has 0 spiro atoms. The van der Waals surface area contributed by atoms with E-state index in [2.05, 4.69) is 5.32 Å². The van der Waals surface area contributed by atoms with Gasteiger partial charge in [-0.05, 0) is 37.1 Å². The van der Waals surface area contributed by atoms with Crippen molar-refractivity contribution < 1.29 is 23.9 Å². The van der Waals surface area contributed by atoms with E-state index in [1.54, 1.807) is 25.1 Å². The fraction of sp³-hybridized carbons (Fsp3) is 0.412. The van der Waals surface area contributed by atoms with Crippen molar-refractivity contribution in [3.05, 3.63) is 28.8 Å². The van der Waals surface area contributed by atoms with Crippen molar-refractivity contribution in [2.24, 2.45) is 0 Å². The predicted octanol–water partition coefficient (Wildman–Crippen LogP) is 1.80. The van der Waals surface area contributed by atoms with Crippen molar-refractivity contribution in [2.45, 2.75) is 19.8 Å². The highest BCUT2D eigenvalue weighted by atomic mass is 35.5. The number of likely N-dealkylation sites (N-methyl/N-ethyl adjacent to an activating group) is 1. The number of benzene rings is 1. The van der Waals surface area contributed by atoms with Gasteiger partial charge in [0.15, 0.2) is 6.61 Å². The van der Waals surface area contributed by atoms with Crippen LogP contribution >= 0.6 is 11.6 Å². The van der Waals surface area contributed by atoms with Gasteiger partial charge in [0, 0.05) is 30.7 Å². The minimum Gasteiger partial charge on any atom is -0.456 e. The Kier molecular flexibility index (Phi) is 6.57. The van der Waals surface area contributed by atoms with Crippen LogP contribution in [0.25, 0.3) is 0 Å². The lowest BCUT2D eigenvalue weighted by molar-refractivity contribution is -0.147. The highest BCUT2D eigenvalue weighted by Gasteiger charge is 2.32. The van der Waals surface area contributed by atoms with Gasteiger partial charge >= 0.3 is 12.0 Å². The number of aryl methyl sites for hydroxylation is 1. The van der Waals surface area contributed by atoms with Crippen LogP contribution < -0.4 is 5.32 Å². The molecule has 0 unspecified atom stereocenters. The molecule has 0 aliphatic carbocycles. The van der Waals surface area contributed by atoms with Crippen LogP contribution in [0.5, 0.6) is 0 Å². The topological polar surface area (TPSA) is 96.0 Å². The number of urea groups is 1. The lowest BCUT2D eigenvalue weighted by Crippen LogP contribution is -2.32. The van der Waals surface area contributed by atoms with Crippen LogP contribution in [-0.2, 0) is 19.1 Å². The Morgan fingerprint density at radius 2 is 2.04 bits per heavy atom. The largest absolute Gasteiger partial charge is 0.456 e. The smallest absolute Gasteiger partial charge is 0.326 e. The van der Waals surface area contributed by atoms with Gasteiger partial charge in [-0.2, -0.15) is 0 Å². The summed E-state index contributed by atoms with van der Waals surface area (Å²) < 4.78 is 4.90. The predicted molar refractivity (Wildman–Crippen MR) is 94.8 cm³/mol. The van der Waals surface area contributed by atoms with Gasteiger partial charge in [0.2, 0.25) is 5.91 Å². The van der Waals surface area contributed by atoms with Crippen molar-refractivity contribution in [3.8, 4) is 0 Å². The first-order valence-corrected chi connectivity index (χ1v) is 8.43. The van der Waals surface area contributed by atoms with Gasteiger partial charge in [0.1, 0.15) is 6.54 Å². The van der Waals surface area contributed by atoms with E-state index in [0.29, 0.717) is 10.7 Å². The second-order valence-electron chi connectivity index (χ2n) is 5.96. The summed E-state index contributed by atoms with van der Waals surface area (Å²) in [6.45, 7) is 1.58. The number of imide groups is 1. The summed E-state index contributed by atoms with van der Waals surface area (Å²) in [7, 11) is 1.54. The molecule has 0 radical (unpaired) electrons. The average molecular weight is 382 g/mol. The highest BCUT2D eigenvalue weighted by molar-refractivity contribution is 6.30. The summed E-state index contributed by atoms with van der Waals surface area (Å²) in [5, 5.41) is 3.20. The molecule has 1 aromatic carbocycles. The SMILES string of the molecule is Cc1cc(Cl)ccc1NC(=O)COC(=O)CCCN1C(=O)CN(C)C1=O. The van der Waals surface area contributed by atoms with E-state index >= 15 is 0 Å². The van der Waals surface area contributed by atoms with Crippen LogP contribution in [0.4, 0.5) is 10.5 Å². The van der Waals surface area contributed by atoms with Gasteiger partial charge < -0.3 is 15.0 Å². The van der Waals surface area contributed by atoms with E-state index in [4.69, 9.17) is 16.3 Å².